The van der Waals surface area contributed by atoms with Crippen molar-refractivity contribution in [2.45, 2.75) is 46.6 Å². The minimum absolute atomic E-state index is 0.0524. The van der Waals surface area contributed by atoms with E-state index in [-0.39, 0.29) is 29.6 Å². The number of alkyl halides is 2. The van der Waals surface area contributed by atoms with Gasteiger partial charge in [0.1, 0.15) is 5.78 Å². The number of pyridine rings is 1. The molecule has 1 N–H and O–H groups in total. The summed E-state index contributed by atoms with van der Waals surface area (Å²) in [4.78, 5) is 28.9. The lowest BCUT2D eigenvalue weighted by Gasteiger charge is -2.16. The third-order valence-corrected chi connectivity index (χ3v) is 4.28. The third-order valence-electron chi connectivity index (χ3n) is 4.28. The first kappa shape index (κ1) is 20.7. The molecule has 1 heterocycles. The van der Waals surface area contributed by atoms with E-state index in [0.29, 0.717) is 22.5 Å². The van der Waals surface area contributed by atoms with Gasteiger partial charge < -0.3 is 5.32 Å². The van der Waals surface area contributed by atoms with Crippen LogP contribution in [0.15, 0.2) is 36.4 Å². The first-order valence-corrected chi connectivity index (χ1v) is 8.86. The fourth-order valence-electron chi connectivity index (χ4n) is 2.67. The van der Waals surface area contributed by atoms with E-state index in [9.17, 15) is 18.4 Å². The van der Waals surface area contributed by atoms with Crippen LogP contribution < -0.4 is 5.32 Å². The van der Waals surface area contributed by atoms with Gasteiger partial charge in [0.05, 0.1) is 6.04 Å². The summed E-state index contributed by atoms with van der Waals surface area (Å²) in [5.74, 6) is -0.392. The van der Waals surface area contributed by atoms with Gasteiger partial charge in [-0.3, -0.25) is 14.6 Å². The zero-order valence-corrected chi connectivity index (χ0v) is 15.9. The Bertz CT molecular complexity index is 835. The van der Waals surface area contributed by atoms with Gasteiger partial charge in [0.15, 0.2) is 0 Å². The van der Waals surface area contributed by atoms with Crippen LogP contribution in [0.1, 0.15) is 66.1 Å². The highest BCUT2D eigenvalue weighted by atomic mass is 19.3. The maximum atomic E-state index is 12.9. The van der Waals surface area contributed by atoms with E-state index in [1.807, 2.05) is 13.8 Å². The van der Waals surface area contributed by atoms with Crippen LogP contribution in [0, 0.1) is 12.8 Å². The van der Waals surface area contributed by atoms with Crippen molar-refractivity contribution in [3.05, 3.63) is 64.5 Å². The van der Waals surface area contributed by atoms with E-state index in [1.54, 1.807) is 38.1 Å². The molecule has 2 aromatic rings. The van der Waals surface area contributed by atoms with Crippen LogP contribution in [0.3, 0.4) is 0 Å². The van der Waals surface area contributed by atoms with Gasteiger partial charge in [-0.1, -0.05) is 32.0 Å². The summed E-state index contributed by atoms with van der Waals surface area (Å²) in [7, 11) is 0. The molecule has 1 atom stereocenters. The number of benzene rings is 1. The molecule has 0 aliphatic carbocycles. The molecule has 1 amide bonds. The molecule has 0 aliphatic rings. The molecule has 0 saturated carbocycles. The van der Waals surface area contributed by atoms with E-state index < -0.39 is 12.5 Å². The Balaban J connectivity index is 2.16. The van der Waals surface area contributed by atoms with E-state index in [4.69, 9.17) is 0 Å². The molecule has 1 aromatic heterocycles. The molecular weight excluding hydrogens is 350 g/mol. The summed E-state index contributed by atoms with van der Waals surface area (Å²) in [6.07, 6.45) is -2.39. The van der Waals surface area contributed by atoms with Crippen molar-refractivity contribution in [2.24, 2.45) is 5.92 Å². The van der Waals surface area contributed by atoms with Crippen molar-refractivity contribution < 1.29 is 18.4 Å². The number of carbonyl (C=O) groups is 2. The van der Waals surface area contributed by atoms with E-state index >= 15 is 0 Å². The highest BCUT2D eigenvalue weighted by Crippen LogP contribution is 2.22. The van der Waals surface area contributed by atoms with Crippen LogP contribution in [0.4, 0.5) is 8.78 Å². The van der Waals surface area contributed by atoms with Crippen molar-refractivity contribution >= 4 is 11.7 Å². The first-order valence-electron chi connectivity index (χ1n) is 8.86. The van der Waals surface area contributed by atoms with Crippen molar-refractivity contribution in [2.75, 3.05) is 0 Å². The molecular formula is C21H24F2N2O2. The monoisotopic (exact) mass is 374 g/mol. The second-order valence-electron chi connectivity index (χ2n) is 6.95. The number of aromatic nitrogens is 1. The summed E-state index contributed by atoms with van der Waals surface area (Å²) in [6.45, 7) is 7.14. The highest BCUT2D eigenvalue weighted by molar-refractivity contribution is 5.95. The summed E-state index contributed by atoms with van der Waals surface area (Å²) < 4.78 is 25.7. The predicted molar refractivity (Wildman–Crippen MR) is 99.8 cm³/mol. The summed E-state index contributed by atoms with van der Waals surface area (Å²) in [5.41, 5.74) is 2.10. The maximum absolute atomic E-state index is 12.9. The Morgan fingerprint density at radius 1 is 1.07 bits per heavy atom. The number of rotatable bonds is 7. The molecule has 0 bridgehead atoms. The standard InChI is InChI=1S/C21H24F2N2O2/c1-12(2)19(26)11-18-10-17(8-13(3)24-18)21(27)25-14(4)15-6-5-7-16(9-15)20(22)23/h5-10,12,14,20H,11H2,1-4H3,(H,25,27). The number of amides is 1. The Kier molecular flexibility index (Phi) is 6.77. The number of halogens is 2. The van der Waals surface area contributed by atoms with Gasteiger partial charge in [0, 0.05) is 34.9 Å². The molecule has 27 heavy (non-hydrogen) atoms. The molecule has 6 heteroatoms. The van der Waals surface area contributed by atoms with Crippen molar-refractivity contribution in [1.29, 1.82) is 0 Å². The highest BCUT2D eigenvalue weighted by Gasteiger charge is 2.16. The lowest BCUT2D eigenvalue weighted by Crippen LogP contribution is -2.27. The molecule has 1 aromatic carbocycles. The fourth-order valence-corrected chi connectivity index (χ4v) is 2.67. The Morgan fingerprint density at radius 3 is 2.37 bits per heavy atom. The molecule has 2 rings (SSSR count). The number of hydrogen-bond acceptors (Lipinski definition) is 3. The largest absolute Gasteiger partial charge is 0.346 e. The smallest absolute Gasteiger partial charge is 0.263 e. The van der Waals surface area contributed by atoms with Crippen LogP contribution in [0.25, 0.3) is 0 Å². The van der Waals surface area contributed by atoms with Crippen LogP contribution in [0.5, 0.6) is 0 Å². The van der Waals surface area contributed by atoms with Crippen LogP contribution in [-0.4, -0.2) is 16.7 Å². The Labute approximate surface area is 158 Å². The Hall–Kier alpha value is -2.63. The van der Waals surface area contributed by atoms with Gasteiger partial charge in [0.25, 0.3) is 12.3 Å². The minimum atomic E-state index is -2.56. The Morgan fingerprint density at radius 2 is 1.74 bits per heavy atom. The minimum Gasteiger partial charge on any atom is -0.346 e. The molecule has 0 fully saturated rings. The van der Waals surface area contributed by atoms with Gasteiger partial charge in [-0.2, -0.15) is 0 Å². The van der Waals surface area contributed by atoms with Crippen molar-refractivity contribution in [1.82, 2.24) is 10.3 Å². The number of nitrogens with zero attached hydrogens (tertiary/aromatic N) is 1. The zero-order chi connectivity index (χ0) is 20.1. The van der Waals surface area contributed by atoms with Gasteiger partial charge in [-0.15, -0.1) is 0 Å². The van der Waals surface area contributed by atoms with Gasteiger partial charge in [-0.25, -0.2) is 8.78 Å². The number of nitrogens with one attached hydrogen (secondary N) is 1. The third kappa shape index (κ3) is 5.67. The summed E-state index contributed by atoms with van der Waals surface area (Å²) >= 11 is 0. The maximum Gasteiger partial charge on any atom is 0.263 e. The zero-order valence-electron chi connectivity index (χ0n) is 15.9. The fraction of sp³-hybridized carbons (Fsp3) is 0.381. The summed E-state index contributed by atoms with van der Waals surface area (Å²) in [6, 6.07) is 8.79. The van der Waals surface area contributed by atoms with Crippen molar-refractivity contribution in [3.63, 3.8) is 0 Å². The lowest BCUT2D eigenvalue weighted by molar-refractivity contribution is -0.121. The topological polar surface area (TPSA) is 59.1 Å². The van der Waals surface area contributed by atoms with Gasteiger partial charge in [-0.05, 0) is 37.6 Å². The van der Waals surface area contributed by atoms with E-state index in [1.165, 1.54) is 12.1 Å². The molecule has 0 aliphatic heterocycles. The van der Waals surface area contributed by atoms with E-state index in [0.717, 1.165) is 0 Å². The number of carbonyl (C=O) groups excluding carboxylic acids is 2. The first-order chi connectivity index (χ1) is 12.7. The second-order valence-corrected chi connectivity index (χ2v) is 6.95. The van der Waals surface area contributed by atoms with Crippen LogP contribution >= 0.6 is 0 Å². The van der Waals surface area contributed by atoms with Crippen LogP contribution in [-0.2, 0) is 11.2 Å². The number of hydrogen-bond donors (Lipinski definition) is 1. The number of aryl methyl sites for hydroxylation is 1. The van der Waals surface area contributed by atoms with Gasteiger partial charge >= 0.3 is 0 Å². The van der Waals surface area contributed by atoms with Gasteiger partial charge in [0.2, 0.25) is 0 Å². The quantitative estimate of drug-likeness (QED) is 0.771. The van der Waals surface area contributed by atoms with Crippen molar-refractivity contribution in [3.8, 4) is 0 Å². The lowest BCUT2D eigenvalue weighted by atomic mass is 10.0. The molecule has 0 saturated heterocycles. The average molecular weight is 374 g/mol. The number of ketones is 1. The molecule has 0 spiro atoms. The normalized spacial score (nSPS) is 12.3. The van der Waals surface area contributed by atoms with Crippen LogP contribution in [0.2, 0.25) is 0 Å². The second kappa shape index (κ2) is 8.84. The molecule has 4 nitrogen and oxygen atoms in total. The average Bonchev–Trinajstić information content (AvgIpc) is 2.61. The SMILES string of the molecule is Cc1cc(C(=O)NC(C)c2cccc(C(F)F)c2)cc(CC(=O)C(C)C)n1. The molecule has 144 valence electrons. The number of Topliss-reactive ketones (excluding diaryl/α,β-unsaturated/α-hetero) is 1. The molecule has 0 radical (unpaired) electrons. The molecule has 1 unspecified atom stereocenters. The summed E-state index contributed by atoms with van der Waals surface area (Å²) in [5, 5.41) is 2.81. The van der Waals surface area contributed by atoms with E-state index in [2.05, 4.69) is 10.3 Å². The predicted octanol–water partition coefficient (Wildman–Crippen LogP) is 4.59.